The van der Waals surface area contributed by atoms with Gasteiger partial charge in [-0.2, -0.15) is 0 Å². The summed E-state index contributed by atoms with van der Waals surface area (Å²) in [6, 6.07) is 21.2. The first kappa shape index (κ1) is 28.6. The second kappa shape index (κ2) is 11.9. The molecule has 12 heteroatoms. The summed E-state index contributed by atoms with van der Waals surface area (Å²) in [4.78, 5) is 42.9. The fourth-order valence-corrected chi connectivity index (χ4v) is 5.37. The van der Waals surface area contributed by atoms with Gasteiger partial charge in [0.15, 0.2) is 5.76 Å². The van der Waals surface area contributed by atoms with Crippen molar-refractivity contribution >= 4 is 44.8 Å². The van der Waals surface area contributed by atoms with Crippen molar-refractivity contribution in [3.8, 4) is 0 Å². The van der Waals surface area contributed by atoms with E-state index in [0.717, 1.165) is 19.2 Å². The molecule has 1 fully saturated rings. The highest BCUT2D eigenvalue weighted by Gasteiger charge is 2.23. The Morgan fingerprint density at radius 2 is 1.43 bits per heavy atom. The molecule has 0 spiro atoms. The molecule has 1 aliphatic heterocycles. The van der Waals surface area contributed by atoms with E-state index in [-0.39, 0.29) is 21.8 Å². The molecule has 2 heterocycles. The summed E-state index contributed by atoms with van der Waals surface area (Å²) >= 11 is 0. The van der Waals surface area contributed by atoms with Crippen molar-refractivity contribution in [3.63, 3.8) is 0 Å². The van der Waals surface area contributed by atoms with Crippen LogP contribution in [0.25, 0.3) is 0 Å². The van der Waals surface area contributed by atoms with Gasteiger partial charge in [0.05, 0.1) is 22.5 Å². The lowest BCUT2D eigenvalue weighted by atomic mass is 10.1. The SMILES string of the molecule is Cc1ccccc1N1CCN(c2ccc(C(=O)NC(=O)c3cccc(S(N)(=O)=O)c3)cc2NC(=O)c2ccco2)CC1. The maximum Gasteiger partial charge on any atom is 0.291 e. The predicted octanol–water partition coefficient (Wildman–Crippen LogP) is 3.38. The van der Waals surface area contributed by atoms with Crippen molar-refractivity contribution in [2.24, 2.45) is 5.14 Å². The minimum atomic E-state index is -4.03. The number of nitrogens with zero attached hydrogens (tertiary/aromatic N) is 2. The van der Waals surface area contributed by atoms with Crippen LogP contribution < -0.4 is 25.6 Å². The summed E-state index contributed by atoms with van der Waals surface area (Å²) in [6.07, 6.45) is 1.39. The number of carbonyl (C=O) groups excluding carboxylic acids is 3. The minimum Gasteiger partial charge on any atom is -0.459 e. The van der Waals surface area contributed by atoms with Crippen LogP contribution in [0.15, 0.2) is 94.4 Å². The Morgan fingerprint density at radius 1 is 0.762 bits per heavy atom. The molecular weight excluding hydrogens is 558 g/mol. The molecule has 3 amide bonds. The lowest BCUT2D eigenvalue weighted by Gasteiger charge is -2.38. The number of aryl methyl sites for hydroxylation is 1. The Labute approximate surface area is 243 Å². The van der Waals surface area contributed by atoms with Gasteiger partial charge < -0.3 is 19.5 Å². The van der Waals surface area contributed by atoms with Crippen molar-refractivity contribution < 1.29 is 27.2 Å². The topological polar surface area (TPSA) is 155 Å². The van der Waals surface area contributed by atoms with Crippen LogP contribution in [0.2, 0.25) is 0 Å². The lowest BCUT2D eigenvalue weighted by Crippen LogP contribution is -2.47. The number of hydrogen-bond donors (Lipinski definition) is 3. The molecule has 0 saturated carbocycles. The molecule has 11 nitrogen and oxygen atoms in total. The van der Waals surface area contributed by atoms with Crippen molar-refractivity contribution in [1.82, 2.24) is 5.32 Å². The quantitative estimate of drug-likeness (QED) is 0.278. The molecular formula is C30H29N5O6S. The smallest absolute Gasteiger partial charge is 0.291 e. The van der Waals surface area contributed by atoms with Gasteiger partial charge in [0.2, 0.25) is 10.0 Å². The first-order valence-corrected chi connectivity index (χ1v) is 14.7. The van der Waals surface area contributed by atoms with Crippen LogP contribution in [-0.4, -0.2) is 52.3 Å². The monoisotopic (exact) mass is 587 g/mol. The summed E-state index contributed by atoms with van der Waals surface area (Å²) in [5, 5.41) is 10.3. The van der Waals surface area contributed by atoms with E-state index < -0.39 is 27.7 Å². The molecule has 5 rings (SSSR count). The Hall–Kier alpha value is -4.94. The van der Waals surface area contributed by atoms with Crippen LogP contribution >= 0.6 is 0 Å². The Kier molecular flexibility index (Phi) is 8.09. The summed E-state index contributed by atoms with van der Waals surface area (Å²) in [7, 11) is -4.03. The number of sulfonamides is 1. The molecule has 0 radical (unpaired) electrons. The first-order valence-electron chi connectivity index (χ1n) is 13.1. The Morgan fingerprint density at radius 3 is 2.07 bits per heavy atom. The Balaban J connectivity index is 1.37. The fraction of sp³-hybridized carbons (Fsp3) is 0.167. The van der Waals surface area contributed by atoms with E-state index in [9.17, 15) is 22.8 Å². The number of imide groups is 1. The van der Waals surface area contributed by atoms with Crippen LogP contribution in [0.4, 0.5) is 17.1 Å². The molecule has 1 aliphatic rings. The third-order valence-electron chi connectivity index (χ3n) is 6.98. The second-order valence-electron chi connectivity index (χ2n) is 9.78. The van der Waals surface area contributed by atoms with Gasteiger partial charge in [-0.05, 0) is 67.1 Å². The van der Waals surface area contributed by atoms with Crippen molar-refractivity contribution in [3.05, 3.63) is 108 Å². The summed E-state index contributed by atoms with van der Waals surface area (Å²) in [6.45, 7) is 4.93. The van der Waals surface area contributed by atoms with Gasteiger partial charge in [-0.25, -0.2) is 13.6 Å². The number of rotatable bonds is 7. The molecule has 216 valence electrons. The van der Waals surface area contributed by atoms with Gasteiger partial charge in [-0.1, -0.05) is 24.3 Å². The van der Waals surface area contributed by atoms with E-state index in [1.165, 1.54) is 47.8 Å². The van der Waals surface area contributed by atoms with Crippen LogP contribution in [-0.2, 0) is 10.0 Å². The zero-order valence-corrected chi connectivity index (χ0v) is 23.6. The average molecular weight is 588 g/mol. The standard InChI is InChI=1S/C30H29N5O6S/c1-20-6-2-3-9-25(20)34-13-15-35(16-14-34)26-12-11-22(19-24(26)32-30(38)27-10-5-17-41-27)29(37)33-28(36)21-7-4-8-23(18-21)42(31,39)40/h2-12,17-19H,13-16H2,1H3,(H,32,38)(H2,31,39,40)(H,33,36,37). The van der Waals surface area contributed by atoms with Crippen LogP contribution in [0.3, 0.4) is 0 Å². The number of benzene rings is 3. The molecule has 4 N–H and O–H groups in total. The first-order chi connectivity index (χ1) is 20.1. The zero-order valence-electron chi connectivity index (χ0n) is 22.7. The van der Waals surface area contributed by atoms with E-state index >= 15 is 0 Å². The molecule has 1 aromatic heterocycles. The van der Waals surface area contributed by atoms with Crippen LogP contribution in [0, 0.1) is 6.92 Å². The van der Waals surface area contributed by atoms with E-state index in [2.05, 4.69) is 39.5 Å². The van der Waals surface area contributed by atoms with Gasteiger partial charge in [0, 0.05) is 43.0 Å². The van der Waals surface area contributed by atoms with E-state index in [0.29, 0.717) is 24.5 Å². The molecule has 3 aromatic carbocycles. The third kappa shape index (κ3) is 6.35. The number of primary sulfonamides is 1. The van der Waals surface area contributed by atoms with Gasteiger partial charge in [0.1, 0.15) is 0 Å². The van der Waals surface area contributed by atoms with Crippen molar-refractivity contribution in [1.29, 1.82) is 0 Å². The Bertz CT molecular complexity index is 1750. The number of para-hydroxylation sites is 1. The number of carbonyl (C=O) groups is 3. The highest BCUT2D eigenvalue weighted by molar-refractivity contribution is 7.89. The maximum absolute atomic E-state index is 13.1. The van der Waals surface area contributed by atoms with E-state index in [1.807, 2.05) is 12.1 Å². The highest BCUT2D eigenvalue weighted by atomic mass is 32.2. The van der Waals surface area contributed by atoms with Crippen molar-refractivity contribution in [2.75, 3.05) is 41.3 Å². The van der Waals surface area contributed by atoms with Gasteiger partial charge in [0.25, 0.3) is 17.7 Å². The second-order valence-corrected chi connectivity index (χ2v) is 11.3. The number of furan rings is 1. The van der Waals surface area contributed by atoms with Gasteiger partial charge in [-0.3, -0.25) is 19.7 Å². The molecule has 42 heavy (non-hydrogen) atoms. The number of nitrogens with one attached hydrogen (secondary N) is 2. The zero-order chi connectivity index (χ0) is 29.9. The number of nitrogens with two attached hydrogens (primary N) is 1. The third-order valence-corrected chi connectivity index (χ3v) is 7.89. The maximum atomic E-state index is 13.1. The molecule has 0 bridgehead atoms. The van der Waals surface area contributed by atoms with Gasteiger partial charge in [-0.15, -0.1) is 0 Å². The number of hydrogen-bond acceptors (Lipinski definition) is 8. The lowest BCUT2D eigenvalue weighted by molar-refractivity contribution is 0.0848. The highest BCUT2D eigenvalue weighted by Crippen LogP contribution is 2.30. The molecule has 1 saturated heterocycles. The number of amides is 3. The summed E-state index contributed by atoms with van der Waals surface area (Å²) in [5.74, 6) is -1.92. The van der Waals surface area contributed by atoms with E-state index in [4.69, 9.17) is 9.56 Å². The largest absolute Gasteiger partial charge is 0.459 e. The predicted molar refractivity (Wildman–Crippen MR) is 158 cm³/mol. The van der Waals surface area contributed by atoms with Crippen LogP contribution in [0.1, 0.15) is 36.8 Å². The van der Waals surface area contributed by atoms with Crippen molar-refractivity contribution in [2.45, 2.75) is 11.8 Å². The van der Waals surface area contributed by atoms with E-state index in [1.54, 1.807) is 18.2 Å². The number of anilines is 3. The average Bonchev–Trinajstić information content (AvgIpc) is 3.53. The molecule has 0 aliphatic carbocycles. The summed E-state index contributed by atoms with van der Waals surface area (Å²) < 4.78 is 28.6. The normalized spacial score (nSPS) is 13.5. The minimum absolute atomic E-state index is 0.0515. The molecule has 0 atom stereocenters. The summed E-state index contributed by atoms with van der Waals surface area (Å²) in [5.41, 5.74) is 3.51. The fourth-order valence-electron chi connectivity index (χ4n) is 4.81. The number of piperazine rings is 1. The molecule has 4 aromatic rings. The van der Waals surface area contributed by atoms with Gasteiger partial charge >= 0.3 is 0 Å². The molecule has 0 unspecified atom stereocenters. The van der Waals surface area contributed by atoms with Crippen LogP contribution in [0.5, 0.6) is 0 Å².